The van der Waals surface area contributed by atoms with E-state index in [1.807, 2.05) is 25.1 Å². The van der Waals surface area contributed by atoms with E-state index in [0.29, 0.717) is 11.7 Å². The summed E-state index contributed by atoms with van der Waals surface area (Å²) in [5.74, 6) is 1.62. The van der Waals surface area contributed by atoms with Crippen molar-refractivity contribution in [1.29, 1.82) is 0 Å². The molecule has 92 valence electrons. The van der Waals surface area contributed by atoms with Crippen LogP contribution in [0.4, 0.5) is 0 Å². The van der Waals surface area contributed by atoms with Gasteiger partial charge in [-0.05, 0) is 43.7 Å². The second kappa shape index (κ2) is 5.35. The number of carbonyl (C=O) groups is 1. The fraction of sp³-hybridized carbons (Fsp3) is 0.533. The van der Waals surface area contributed by atoms with E-state index in [-0.39, 0.29) is 0 Å². The zero-order valence-corrected chi connectivity index (χ0v) is 10.6. The molecule has 0 bridgehead atoms. The SMILES string of the molecule is Cc1ccc(C=O)cc1OC1CCCC(C)C1. The second-order valence-corrected chi connectivity index (χ2v) is 5.15. The molecule has 1 aliphatic carbocycles. The largest absolute Gasteiger partial charge is 0.490 e. The molecule has 1 aliphatic rings. The van der Waals surface area contributed by atoms with Gasteiger partial charge in [-0.3, -0.25) is 4.79 Å². The van der Waals surface area contributed by atoms with Gasteiger partial charge in [-0.2, -0.15) is 0 Å². The number of hydrogen-bond acceptors (Lipinski definition) is 2. The molecule has 2 nitrogen and oxygen atoms in total. The van der Waals surface area contributed by atoms with Crippen LogP contribution in [-0.2, 0) is 0 Å². The van der Waals surface area contributed by atoms with Gasteiger partial charge in [0, 0.05) is 5.56 Å². The molecule has 2 atom stereocenters. The molecule has 2 rings (SSSR count). The molecule has 0 heterocycles. The third-order valence-corrected chi connectivity index (χ3v) is 3.53. The maximum absolute atomic E-state index is 10.8. The summed E-state index contributed by atoms with van der Waals surface area (Å²) in [5, 5.41) is 0. The minimum Gasteiger partial charge on any atom is -0.490 e. The van der Waals surface area contributed by atoms with E-state index in [9.17, 15) is 4.79 Å². The Balaban J connectivity index is 2.09. The lowest BCUT2D eigenvalue weighted by atomic mass is 9.88. The van der Waals surface area contributed by atoms with Crippen molar-refractivity contribution in [2.24, 2.45) is 5.92 Å². The lowest BCUT2D eigenvalue weighted by molar-refractivity contribution is 0.111. The normalized spacial score (nSPS) is 24.4. The van der Waals surface area contributed by atoms with Crippen LogP contribution in [0.15, 0.2) is 18.2 Å². The predicted octanol–water partition coefficient (Wildman–Crippen LogP) is 3.77. The highest BCUT2D eigenvalue weighted by molar-refractivity contribution is 5.75. The van der Waals surface area contributed by atoms with Crippen molar-refractivity contribution in [3.05, 3.63) is 29.3 Å². The Morgan fingerprint density at radius 2 is 2.18 bits per heavy atom. The van der Waals surface area contributed by atoms with Gasteiger partial charge in [0.15, 0.2) is 0 Å². The molecule has 0 aromatic heterocycles. The highest BCUT2D eigenvalue weighted by Crippen LogP contribution is 2.29. The molecule has 2 heteroatoms. The first-order valence-electron chi connectivity index (χ1n) is 6.41. The Hall–Kier alpha value is -1.31. The molecule has 17 heavy (non-hydrogen) atoms. The van der Waals surface area contributed by atoms with Gasteiger partial charge in [-0.1, -0.05) is 25.5 Å². The minimum atomic E-state index is 0.319. The summed E-state index contributed by atoms with van der Waals surface area (Å²) in [6.07, 6.45) is 6.01. The molecular formula is C15H20O2. The quantitative estimate of drug-likeness (QED) is 0.742. The average molecular weight is 232 g/mol. The van der Waals surface area contributed by atoms with E-state index >= 15 is 0 Å². The Morgan fingerprint density at radius 1 is 1.35 bits per heavy atom. The molecular weight excluding hydrogens is 212 g/mol. The summed E-state index contributed by atoms with van der Waals surface area (Å²) >= 11 is 0. The van der Waals surface area contributed by atoms with Crippen LogP contribution in [0.5, 0.6) is 5.75 Å². The van der Waals surface area contributed by atoms with Gasteiger partial charge in [-0.25, -0.2) is 0 Å². The number of ether oxygens (including phenoxy) is 1. The van der Waals surface area contributed by atoms with E-state index in [0.717, 1.165) is 36.4 Å². The second-order valence-electron chi connectivity index (χ2n) is 5.15. The summed E-state index contributed by atoms with van der Waals surface area (Å²) in [6, 6.07) is 5.63. The molecule has 0 saturated heterocycles. The summed E-state index contributed by atoms with van der Waals surface area (Å²) in [5.41, 5.74) is 1.79. The Labute approximate surface area is 103 Å². The number of carbonyl (C=O) groups excluding carboxylic acids is 1. The summed E-state index contributed by atoms with van der Waals surface area (Å²) in [4.78, 5) is 10.8. The molecule has 2 unspecified atom stereocenters. The number of benzene rings is 1. The van der Waals surface area contributed by atoms with Crippen molar-refractivity contribution >= 4 is 6.29 Å². The Morgan fingerprint density at radius 3 is 2.88 bits per heavy atom. The van der Waals surface area contributed by atoms with Crippen LogP contribution in [0.1, 0.15) is 48.5 Å². The maximum atomic E-state index is 10.8. The van der Waals surface area contributed by atoms with Crippen LogP contribution < -0.4 is 4.74 Å². The van der Waals surface area contributed by atoms with Crippen molar-refractivity contribution in [3.8, 4) is 5.75 Å². The molecule has 1 aromatic rings. The van der Waals surface area contributed by atoms with Crippen molar-refractivity contribution < 1.29 is 9.53 Å². The lowest BCUT2D eigenvalue weighted by Gasteiger charge is -2.28. The number of aldehydes is 1. The molecule has 0 aliphatic heterocycles. The van der Waals surface area contributed by atoms with E-state index in [4.69, 9.17) is 4.74 Å². The first-order chi connectivity index (χ1) is 8.19. The monoisotopic (exact) mass is 232 g/mol. The molecule has 0 N–H and O–H groups in total. The molecule has 0 spiro atoms. The lowest BCUT2D eigenvalue weighted by Crippen LogP contribution is -2.24. The van der Waals surface area contributed by atoms with Crippen LogP contribution >= 0.6 is 0 Å². The Kier molecular flexibility index (Phi) is 3.82. The third-order valence-electron chi connectivity index (χ3n) is 3.53. The predicted molar refractivity (Wildman–Crippen MR) is 68.6 cm³/mol. The number of aryl methyl sites for hydroxylation is 1. The van der Waals surface area contributed by atoms with Gasteiger partial charge in [-0.15, -0.1) is 0 Å². The van der Waals surface area contributed by atoms with Crippen LogP contribution in [-0.4, -0.2) is 12.4 Å². The van der Waals surface area contributed by atoms with Crippen molar-refractivity contribution in [2.45, 2.75) is 45.6 Å². The molecule has 0 amide bonds. The first kappa shape index (κ1) is 12.2. The van der Waals surface area contributed by atoms with Gasteiger partial charge < -0.3 is 4.74 Å². The van der Waals surface area contributed by atoms with Gasteiger partial charge in [0.25, 0.3) is 0 Å². The molecule has 1 aromatic carbocycles. The van der Waals surface area contributed by atoms with Crippen LogP contribution in [0.3, 0.4) is 0 Å². The van der Waals surface area contributed by atoms with Gasteiger partial charge >= 0.3 is 0 Å². The van der Waals surface area contributed by atoms with E-state index < -0.39 is 0 Å². The van der Waals surface area contributed by atoms with Crippen LogP contribution in [0, 0.1) is 12.8 Å². The van der Waals surface area contributed by atoms with Gasteiger partial charge in [0.05, 0.1) is 6.10 Å². The summed E-state index contributed by atoms with van der Waals surface area (Å²) in [7, 11) is 0. The van der Waals surface area contributed by atoms with E-state index in [2.05, 4.69) is 6.92 Å². The first-order valence-corrected chi connectivity index (χ1v) is 6.41. The fourth-order valence-electron chi connectivity index (χ4n) is 2.48. The highest BCUT2D eigenvalue weighted by Gasteiger charge is 2.20. The van der Waals surface area contributed by atoms with Gasteiger partial charge in [0.1, 0.15) is 12.0 Å². The number of rotatable bonds is 3. The van der Waals surface area contributed by atoms with Crippen molar-refractivity contribution in [3.63, 3.8) is 0 Å². The van der Waals surface area contributed by atoms with E-state index in [1.165, 1.54) is 12.8 Å². The summed E-state index contributed by atoms with van der Waals surface area (Å²) < 4.78 is 6.04. The molecule has 1 fully saturated rings. The minimum absolute atomic E-state index is 0.319. The standard InChI is InChI=1S/C15H20O2/c1-11-4-3-5-14(8-11)17-15-9-13(10-16)7-6-12(15)2/h6-7,9-11,14H,3-5,8H2,1-2H3. The van der Waals surface area contributed by atoms with Crippen molar-refractivity contribution in [2.75, 3.05) is 0 Å². The molecule has 1 saturated carbocycles. The highest BCUT2D eigenvalue weighted by atomic mass is 16.5. The number of hydrogen-bond donors (Lipinski definition) is 0. The van der Waals surface area contributed by atoms with E-state index in [1.54, 1.807) is 0 Å². The average Bonchev–Trinajstić information content (AvgIpc) is 2.32. The molecule has 0 radical (unpaired) electrons. The van der Waals surface area contributed by atoms with Crippen LogP contribution in [0.2, 0.25) is 0 Å². The topological polar surface area (TPSA) is 26.3 Å². The Bertz CT molecular complexity index is 398. The smallest absolute Gasteiger partial charge is 0.150 e. The van der Waals surface area contributed by atoms with Gasteiger partial charge in [0.2, 0.25) is 0 Å². The third kappa shape index (κ3) is 3.09. The summed E-state index contributed by atoms with van der Waals surface area (Å²) in [6.45, 7) is 4.31. The zero-order valence-electron chi connectivity index (χ0n) is 10.6. The zero-order chi connectivity index (χ0) is 12.3. The van der Waals surface area contributed by atoms with Crippen LogP contribution in [0.25, 0.3) is 0 Å². The fourth-order valence-corrected chi connectivity index (χ4v) is 2.48. The maximum Gasteiger partial charge on any atom is 0.150 e. The van der Waals surface area contributed by atoms with Crippen molar-refractivity contribution in [1.82, 2.24) is 0 Å².